The molecule has 0 bridgehead atoms. The molecule has 10 nitrogen and oxygen atoms in total. The number of hydrogen-bond acceptors (Lipinski definition) is 7. The summed E-state index contributed by atoms with van der Waals surface area (Å²) in [5.41, 5.74) is -1.08. The predicted molar refractivity (Wildman–Crippen MR) is 155 cm³/mol. The number of benzene rings is 2. The Morgan fingerprint density at radius 2 is 1.82 bits per heavy atom. The SMILES string of the molecule is CC1=C(C#N)[C@@H](c2ccc(C#N)cc2S(C)(=O)=O)N(C(=O)N2CCCC2c2cccnc2)C(=O)N1c1cccc(C(F)(F)F)c1. The number of hydrogen-bond donors (Lipinski definition) is 0. The number of amides is 4. The number of nitriles is 2. The Hall–Kier alpha value is -5.21. The van der Waals surface area contributed by atoms with Crippen LogP contribution in [0.1, 0.15) is 54.1 Å². The fourth-order valence-corrected chi connectivity index (χ4v) is 6.72. The number of alkyl halides is 3. The minimum absolute atomic E-state index is 0.0137. The molecule has 2 aliphatic heterocycles. The van der Waals surface area contributed by atoms with Gasteiger partial charge in [0.15, 0.2) is 9.84 Å². The Balaban J connectivity index is 1.76. The zero-order valence-electron chi connectivity index (χ0n) is 24.0. The average molecular weight is 635 g/mol. The molecule has 0 saturated carbocycles. The molecule has 14 heteroatoms. The van der Waals surface area contributed by atoms with Gasteiger partial charge in [0.1, 0.15) is 6.04 Å². The third kappa shape index (κ3) is 5.72. The zero-order chi connectivity index (χ0) is 32.7. The van der Waals surface area contributed by atoms with Crippen molar-refractivity contribution >= 4 is 27.6 Å². The summed E-state index contributed by atoms with van der Waals surface area (Å²) in [7, 11) is -4.08. The van der Waals surface area contributed by atoms with Gasteiger partial charge in [-0.2, -0.15) is 23.7 Å². The number of nitrogens with zero attached hydrogens (tertiary/aromatic N) is 6. The number of likely N-dealkylation sites (tertiary alicyclic amines) is 1. The molecule has 1 aromatic heterocycles. The van der Waals surface area contributed by atoms with E-state index in [1.807, 2.05) is 12.1 Å². The first-order chi connectivity index (χ1) is 21.3. The van der Waals surface area contributed by atoms with E-state index in [9.17, 15) is 41.7 Å². The number of anilines is 1. The van der Waals surface area contributed by atoms with E-state index < -0.39 is 45.7 Å². The second kappa shape index (κ2) is 11.7. The first kappa shape index (κ1) is 31.2. The number of sulfone groups is 1. The molecule has 0 radical (unpaired) electrons. The number of imide groups is 1. The van der Waals surface area contributed by atoms with Gasteiger partial charge in [-0.15, -0.1) is 0 Å². The normalized spacial score (nSPS) is 19.0. The van der Waals surface area contributed by atoms with Crippen LogP contribution in [-0.2, 0) is 16.0 Å². The molecule has 230 valence electrons. The number of allylic oxidation sites excluding steroid dienone is 1. The first-order valence-electron chi connectivity index (χ1n) is 13.6. The summed E-state index contributed by atoms with van der Waals surface area (Å²) in [4.78, 5) is 35.7. The van der Waals surface area contributed by atoms with Gasteiger partial charge >= 0.3 is 18.2 Å². The van der Waals surface area contributed by atoms with Crippen LogP contribution >= 0.6 is 0 Å². The fraction of sp³-hybridized carbons (Fsp3) is 0.258. The van der Waals surface area contributed by atoms with Crippen molar-refractivity contribution in [3.05, 3.63) is 101 Å². The quantitative estimate of drug-likeness (QED) is 0.337. The zero-order valence-corrected chi connectivity index (χ0v) is 24.8. The van der Waals surface area contributed by atoms with Gasteiger partial charge in [-0.25, -0.2) is 22.9 Å². The van der Waals surface area contributed by atoms with E-state index in [1.165, 1.54) is 30.0 Å². The van der Waals surface area contributed by atoms with E-state index >= 15 is 0 Å². The number of rotatable bonds is 4. The van der Waals surface area contributed by atoms with Gasteiger partial charge in [-0.1, -0.05) is 18.2 Å². The van der Waals surface area contributed by atoms with Crippen LogP contribution in [0.4, 0.5) is 28.4 Å². The lowest BCUT2D eigenvalue weighted by Crippen LogP contribution is -2.56. The Morgan fingerprint density at radius 1 is 1.07 bits per heavy atom. The minimum Gasteiger partial charge on any atom is -0.317 e. The molecule has 2 aliphatic rings. The summed E-state index contributed by atoms with van der Waals surface area (Å²) in [6.45, 7) is 1.54. The smallest absolute Gasteiger partial charge is 0.317 e. The van der Waals surface area contributed by atoms with Crippen molar-refractivity contribution < 1.29 is 31.2 Å². The van der Waals surface area contributed by atoms with Crippen LogP contribution in [0.15, 0.2) is 83.2 Å². The van der Waals surface area contributed by atoms with Crippen LogP contribution in [0.5, 0.6) is 0 Å². The van der Waals surface area contributed by atoms with Crippen molar-refractivity contribution in [3.8, 4) is 12.1 Å². The van der Waals surface area contributed by atoms with Crippen molar-refractivity contribution in [3.63, 3.8) is 0 Å². The summed E-state index contributed by atoms with van der Waals surface area (Å²) >= 11 is 0. The predicted octanol–water partition coefficient (Wildman–Crippen LogP) is 6.11. The molecule has 2 aromatic carbocycles. The van der Waals surface area contributed by atoms with Crippen LogP contribution in [-0.4, -0.2) is 48.1 Å². The number of carbonyl (C=O) groups excluding carboxylic acids is 2. The lowest BCUT2D eigenvalue weighted by atomic mass is 9.93. The van der Waals surface area contributed by atoms with Crippen molar-refractivity contribution in [2.24, 2.45) is 0 Å². The molecule has 4 amide bonds. The number of aromatic nitrogens is 1. The molecule has 1 saturated heterocycles. The Morgan fingerprint density at radius 3 is 2.44 bits per heavy atom. The lowest BCUT2D eigenvalue weighted by molar-refractivity contribution is -0.137. The highest BCUT2D eigenvalue weighted by Crippen LogP contribution is 2.44. The molecule has 3 aromatic rings. The highest BCUT2D eigenvalue weighted by Gasteiger charge is 2.48. The minimum atomic E-state index is -4.75. The van der Waals surface area contributed by atoms with Gasteiger partial charge < -0.3 is 4.90 Å². The topological polar surface area (TPSA) is 138 Å². The highest BCUT2D eigenvalue weighted by atomic mass is 32.2. The summed E-state index contributed by atoms with van der Waals surface area (Å²) < 4.78 is 66.9. The standard InChI is InChI=1S/C31H25F3N6O4S/c1-19-25(17-36)28(24-11-10-20(16-35)14-27(24)45(2,43)44)40(29(41)38-13-5-9-26(38)21-6-4-12-37-18-21)30(42)39(19)23-8-3-7-22(15-23)31(32,33)34/h3-4,6-8,10-12,14-15,18,26,28H,5,9,13H2,1-2H3/t26?,28-/m1/s1. The number of carbonyl (C=O) groups is 2. The van der Waals surface area contributed by atoms with Crippen molar-refractivity contribution in [1.29, 1.82) is 10.5 Å². The van der Waals surface area contributed by atoms with E-state index in [4.69, 9.17) is 0 Å². The molecule has 5 rings (SSSR count). The lowest BCUT2D eigenvalue weighted by Gasteiger charge is -2.43. The van der Waals surface area contributed by atoms with Crippen molar-refractivity contribution in [2.75, 3.05) is 17.7 Å². The molecule has 3 heterocycles. The van der Waals surface area contributed by atoms with Gasteiger partial charge in [0, 0.05) is 30.9 Å². The van der Waals surface area contributed by atoms with E-state index in [1.54, 1.807) is 24.5 Å². The van der Waals surface area contributed by atoms with E-state index in [0.717, 1.165) is 40.3 Å². The van der Waals surface area contributed by atoms with E-state index in [0.29, 0.717) is 18.4 Å². The van der Waals surface area contributed by atoms with Crippen molar-refractivity contribution in [2.45, 2.75) is 42.9 Å². The Kier molecular flexibility index (Phi) is 8.12. The second-order valence-corrected chi connectivity index (χ2v) is 12.6. The summed E-state index contributed by atoms with van der Waals surface area (Å²) in [5.74, 6) is 0. The van der Waals surface area contributed by atoms with Gasteiger partial charge in [-0.05, 0) is 67.3 Å². The maximum absolute atomic E-state index is 14.5. The molecule has 1 fully saturated rings. The molecule has 1 unspecified atom stereocenters. The Bertz CT molecular complexity index is 1920. The monoisotopic (exact) mass is 634 g/mol. The molecule has 45 heavy (non-hydrogen) atoms. The van der Waals surface area contributed by atoms with Crippen LogP contribution in [0, 0.1) is 22.7 Å². The van der Waals surface area contributed by atoms with E-state index in [-0.39, 0.29) is 39.5 Å². The van der Waals surface area contributed by atoms with Gasteiger partial charge in [0.05, 0.1) is 45.5 Å². The highest BCUT2D eigenvalue weighted by molar-refractivity contribution is 7.90. The van der Waals surface area contributed by atoms with Gasteiger partial charge in [0.2, 0.25) is 0 Å². The Labute approximate surface area is 257 Å². The van der Waals surface area contributed by atoms with Crippen LogP contribution < -0.4 is 4.90 Å². The second-order valence-electron chi connectivity index (χ2n) is 10.6. The first-order valence-corrected chi connectivity index (χ1v) is 15.5. The molecular formula is C31H25F3N6O4S. The summed E-state index contributed by atoms with van der Waals surface area (Å²) in [5, 5.41) is 19.9. The molecule has 0 N–H and O–H groups in total. The van der Waals surface area contributed by atoms with E-state index in [2.05, 4.69) is 4.98 Å². The molecular weight excluding hydrogens is 609 g/mol. The summed E-state index contributed by atoms with van der Waals surface area (Å²) in [6, 6.07) is 10.8. The summed E-state index contributed by atoms with van der Waals surface area (Å²) in [6.07, 6.45) is 0.357. The third-order valence-electron chi connectivity index (χ3n) is 7.82. The van der Waals surface area contributed by atoms with Gasteiger partial charge in [-0.3, -0.25) is 9.88 Å². The number of pyridine rings is 1. The van der Waals surface area contributed by atoms with Crippen molar-refractivity contribution in [1.82, 2.24) is 14.8 Å². The van der Waals surface area contributed by atoms with Crippen LogP contribution in [0.25, 0.3) is 0 Å². The molecule has 2 atom stereocenters. The van der Waals surface area contributed by atoms with Gasteiger partial charge in [0.25, 0.3) is 0 Å². The third-order valence-corrected chi connectivity index (χ3v) is 8.97. The molecule has 0 aliphatic carbocycles. The maximum Gasteiger partial charge on any atom is 0.416 e. The average Bonchev–Trinajstić information content (AvgIpc) is 3.50. The largest absolute Gasteiger partial charge is 0.416 e. The molecule has 0 spiro atoms. The number of urea groups is 2. The maximum atomic E-state index is 14.5. The van der Waals surface area contributed by atoms with Crippen LogP contribution in [0.3, 0.4) is 0 Å². The fourth-order valence-electron chi connectivity index (χ4n) is 5.77. The van der Waals surface area contributed by atoms with Crippen LogP contribution in [0.2, 0.25) is 0 Å². The number of halogens is 3.